The van der Waals surface area contributed by atoms with Crippen LogP contribution in [0.5, 0.6) is 5.75 Å². The van der Waals surface area contributed by atoms with Gasteiger partial charge in [-0.2, -0.15) is 5.10 Å². The number of hydrogen-bond donors (Lipinski definition) is 1. The minimum Gasteiger partial charge on any atom is -0.497 e. The summed E-state index contributed by atoms with van der Waals surface area (Å²) in [5.41, 5.74) is 5.26. The molecular formula is C28H37N3O2. The Morgan fingerprint density at radius 2 is 1.82 bits per heavy atom. The Morgan fingerprint density at radius 1 is 1.12 bits per heavy atom. The summed E-state index contributed by atoms with van der Waals surface area (Å²) in [4.78, 5) is 2.14. The van der Waals surface area contributed by atoms with Crippen LogP contribution in [0.4, 0.5) is 0 Å². The van der Waals surface area contributed by atoms with Crippen LogP contribution in [0.2, 0.25) is 0 Å². The van der Waals surface area contributed by atoms with Crippen LogP contribution in [0, 0.1) is 13.8 Å². The van der Waals surface area contributed by atoms with Gasteiger partial charge in [0, 0.05) is 30.0 Å². The first-order valence-corrected chi connectivity index (χ1v) is 11.8. The first-order valence-electron chi connectivity index (χ1n) is 11.8. The molecule has 1 heterocycles. The number of fused-ring (bicyclic) bond motifs is 1. The number of hydrogen-bond acceptors (Lipinski definition) is 4. The Bertz CT molecular complexity index is 1140. The van der Waals surface area contributed by atoms with E-state index in [1.807, 2.05) is 24.3 Å². The van der Waals surface area contributed by atoms with E-state index in [1.165, 1.54) is 16.8 Å². The summed E-state index contributed by atoms with van der Waals surface area (Å²) >= 11 is 0. The van der Waals surface area contributed by atoms with E-state index in [0.29, 0.717) is 12.8 Å². The Balaban J connectivity index is 2.01. The normalized spacial score (nSPS) is 23.4. The van der Waals surface area contributed by atoms with E-state index in [4.69, 9.17) is 9.84 Å². The van der Waals surface area contributed by atoms with Gasteiger partial charge in [0.05, 0.1) is 24.1 Å². The van der Waals surface area contributed by atoms with E-state index in [1.54, 1.807) is 7.11 Å². The molecule has 1 aliphatic carbocycles. The predicted octanol–water partition coefficient (Wildman–Crippen LogP) is 4.63. The highest BCUT2D eigenvalue weighted by Crippen LogP contribution is 2.52. The van der Waals surface area contributed by atoms with Gasteiger partial charge < -0.3 is 14.7 Å². The van der Waals surface area contributed by atoms with Crippen molar-refractivity contribution in [3.05, 3.63) is 76.6 Å². The second-order valence-electron chi connectivity index (χ2n) is 9.79. The number of para-hydroxylation sites is 1. The number of ether oxygens (including phenoxy) is 1. The molecule has 0 spiro atoms. The van der Waals surface area contributed by atoms with Gasteiger partial charge in [0.2, 0.25) is 0 Å². The van der Waals surface area contributed by atoms with Crippen molar-refractivity contribution in [2.45, 2.75) is 64.0 Å². The molecule has 0 saturated carbocycles. The average Bonchev–Trinajstić information content (AvgIpc) is 3.13. The molecule has 0 aliphatic heterocycles. The van der Waals surface area contributed by atoms with E-state index >= 15 is 0 Å². The number of aliphatic hydroxyl groups is 1. The Morgan fingerprint density at radius 3 is 2.42 bits per heavy atom. The first-order chi connectivity index (χ1) is 15.7. The third-order valence-corrected chi connectivity index (χ3v) is 8.07. The number of rotatable bonds is 6. The van der Waals surface area contributed by atoms with Gasteiger partial charge in [-0.25, -0.2) is 4.68 Å². The van der Waals surface area contributed by atoms with Crippen molar-refractivity contribution >= 4 is 0 Å². The molecule has 1 aromatic heterocycles. The van der Waals surface area contributed by atoms with Crippen LogP contribution in [-0.4, -0.2) is 52.6 Å². The van der Waals surface area contributed by atoms with E-state index < -0.39 is 11.0 Å². The van der Waals surface area contributed by atoms with Gasteiger partial charge in [-0.1, -0.05) is 31.2 Å². The molecule has 0 saturated heterocycles. The molecule has 3 atom stereocenters. The Hall–Kier alpha value is -2.63. The molecule has 0 unspecified atom stereocenters. The summed E-state index contributed by atoms with van der Waals surface area (Å²) in [6, 6.07) is 16.5. The molecule has 3 aromatic rings. The summed E-state index contributed by atoms with van der Waals surface area (Å²) in [7, 11) is 5.81. The van der Waals surface area contributed by atoms with Crippen molar-refractivity contribution in [1.29, 1.82) is 0 Å². The molecule has 5 nitrogen and oxygen atoms in total. The smallest absolute Gasteiger partial charge is 0.119 e. The zero-order valence-electron chi connectivity index (χ0n) is 21.0. The van der Waals surface area contributed by atoms with Crippen molar-refractivity contribution < 1.29 is 9.84 Å². The molecule has 1 aliphatic rings. The topological polar surface area (TPSA) is 50.5 Å². The third kappa shape index (κ3) is 3.58. The van der Waals surface area contributed by atoms with Crippen molar-refractivity contribution in [3.63, 3.8) is 0 Å². The number of benzene rings is 2. The first kappa shape index (κ1) is 23.5. The fraction of sp³-hybridized carbons (Fsp3) is 0.464. The van der Waals surface area contributed by atoms with Crippen LogP contribution in [0.25, 0.3) is 5.69 Å². The van der Waals surface area contributed by atoms with Crippen LogP contribution in [0.3, 0.4) is 0 Å². The lowest BCUT2D eigenvalue weighted by molar-refractivity contribution is -0.0996. The predicted molar refractivity (Wildman–Crippen MR) is 134 cm³/mol. The average molecular weight is 448 g/mol. The fourth-order valence-corrected chi connectivity index (χ4v) is 5.85. The molecule has 176 valence electrons. The number of likely N-dealkylation sites (N-methyl/N-ethyl adjacent to an activating group) is 1. The fourth-order valence-electron chi connectivity index (χ4n) is 5.85. The molecule has 0 fully saturated rings. The van der Waals surface area contributed by atoms with Gasteiger partial charge in [-0.3, -0.25) is 0 Å². The van der Waals surface area contributed by atoms with Gasteiger partial charge in [0.25, 0.3) is 0 Å². The monoisotopic (exact) mass is 447 g/mol. The molecule has 33 heavy (non-hydrogen) atoms. The molecule has 0 bridgehead atoms. The van der Waals surface area contributed by atoms with Crippen molar-refractivity contribution in [1.82, 2.24) is 14.7 Å². The standard InChI is InChI=1S/C28H37N3O2/c1-8-27(25-16-23(33-7)15-14-19(25)2)18-26-24(17-28(27,32)21(4)30(5)6)20(3)29-31(26)22-12-10-9-11-13-22/h9-16,21,32H,8,17-18H2,1-7H3/t21-,27-,28-/m1/s1. The van der Waals surface area contributed by atoms with Gasteiger partial charge >= 0.3 is 0 Å². The van der Waals surface area contributed by atoms with E-state index in [0.717, 1.165) is 29.1 Å². The zero-order valence-corrected chi connectivity index (χ0v) is 21.0. The minimum absolute atomic E-state index is 0.0596. The summed E-state index contributed by atoms with van der Waals surface area (Å²) in [5, 5.41) is 17.6. The molecule has 4 rings (SSSR count). The molecule has 0 radical (unpaired) electrons. The lowest BCUT2D eigenvalue weighted by Gasteiger charge is -2.55. The highest BCUT2D eigenvalue weighted by molar-refractivity contribution is 5.49. The van der Waals surface area contributed by atoms with E-state index in [2.05, 4.69) is 75.6 Å². The molecular weight excluding hydrogens is 410 g/mol. The van der Waals surface area contributed by atoms with Gasteiger partial charge in [-0.15, -0.1) is 0 Å². The quantitative estimate of drug-likeness (QED) is 0.599. The summed E-state index contributed by atoms with van der Waals surface area (Å²) in [6.45, 7) is 8.55. The summed E-state index contributed by atoms with van der Waals surface area (Å²) in [5.74, 6) is 0.821. The lowest BCUT2D eigenvalue weighted by atomic mass is 9.55. The maximum atomic E-state index is 12.7. The summed E-state index contributed by atoms with van der Waals surface area (Å²) in [6.07, 6.45) is 2.07. The van der Waals surface area contributed by atoms with Crippen LogP contribution >= 0.6 is 0 Å². The van der Waals surface area contributed by atoms with Crippen LogP contribution in [-0.2, 0) is 18.3 Å². The maximum Gasteiger partial charge on any atom is 0.119 e. The molecule has 1 N–H and O–H groups in total. The molecule has 0 amide bonds. The number of nitrogens with zero attached hydrogens (tertiary/aromatic N) is 3. The van der Waals surface area contributed by atoms with Crippen molar-refractivity contribution in [2.75, 3.05) is 21.2 Å². The highest BCUT2D eigenvalue weighted by Gasteiger charge is 2.58. The second-order valence-corrected chi connectivity index (χ2v) is 9.79. The lowest BCUT2D eigenvalue weighted by Crippen LogP contribution is -2.65. The molecule has 5 heteroatoms. The number of methoxy groups -OCH3 is 1. The third-order valence-electron chi connectivity index (χ3n) is 8.07. The van der Waals surface area contributed by atoms with E-state index in [-0.39, 0.29) is 6.04 Å². The SMILES string of the molecule is CC[C@]1(c2cc(OC)ccc2C)Cc2c(c(C)nn2-c2ccccc2)C[C@@]1(O)[C@@H](C)N(C)C. The van der Waals surface area contributed by atoms with E-state index in [9.17, 15) is 5.11 Å². The van der Waals surface area contributed by atoms with Crippen LogP contribution < -0.4 is 4.74 Å². The van der Waals surface area contributed by atoms with Crippen molar-refractivity contribution in [2.24, 2.45) is 0 Å². The summed E-state index contributed by atoms with van der Waals surface area (Å²) < 4.78 is 7.71. The molecule has 2 aromatic carbocycles. The van der Waals surface area contributed by atoms with Gasteiger partial charge in [-0.05, 0) is 82.2 Å². The maximum absolute atomic E-state index is 12.7. The largest absolute Gasteiger partial charge is 0.497 e. The number of aromatic nitrogens is 2. The Labute approximate surface area is 198 Å². The van der Waals surface area contributed by atoms with Crippen LogP contribution in [0.15, 0.2) is 48.5 Å². The highest BCUT2D eigenvalue weighted by atomic mass is 16.5. The van der Waals surface area contributed by atoms with Gasteiger partial charge in [0.15, 0.2) is 0 Å². The zero-order chi connectivity index (χ0) is 24.0. The Kier molecular flexibility index (Phi) is 6.14. The second kappa shape index (κ2) is 8.62. The minimum atomic E-state index is -0.981. The van der Waals surface area contributed by atoms with Crippen LogP contribution in [0.1, 0.15) is 48.3 Å². The van der Waals surface area contributed by atoms with Crippen molar-refractivity contribution in [3.8, 4) is 11.4 Å². The van der Waals surface area contributed by atoms with Gasteiger partial charge in [0.1, 0.15) is 5.75 Å². The number of aryl methyl sites for hydroxylation is 2.